The summed E-state index contributed by atoms with van der Waals surface area (Å²) in [5.41, 5.74) is 1.93. The van der Waals surface area contributed by atoms with E-state index >= 15 is 0 Å². The Labute approximate surface area is 171 Å². The zero-order valence-electron chi connectivity index (χ0n) is 15.9. The zero-order chi connectivity index (χ0) is 19.4. The number of benzene rings is 1. The van der Waals surface area contributed by atoms with E-state index in [9.17, 15) is 0 Å². The third kappa shape index (κ3) is 2.79. The molecule has 3 aromatic heterocycles. The van der Waals surface area contributed by atoms with E-state index in [4.69, 9.17) is 21.7 Å². The lowest BCUT2D eigenvalue weighted by Crippen LogP contribution is -2.37. The minimum Gasteiger partial charge on any atom is -0.335 e. The molecule has 0 bridgehead atoms. The van der Waals surface area contributed by atoms with E-state index < -0.39 is 0 Å². The first-order valence-corrected chi connectivity index (χ1v) is 10.5. The number of aromatic nitrogens is 6. The van der Waals surface area contributed by atoms with Gasteiger partial charge in [-0.1, -0.05) is 48.9 Å². The summed E-state index contributed by atoms with van der Waals surface area (Å²) in [6.45, 7) is 8.22. The summed E-state index contributed by atoms with van der Waals surface area (Å²) in [4.78, 5) is 7.90. The van der Waals surface area contributed by atoms with Crippen molar-refractivity contribution in [2.24, 2.45) is 0 Å². The fourth-order valence-electron chi connectivity index (χ4n) is 3.66. The predicted molar refractivity (Wildman–Crippen MR) is 111 cm³/mol. The quantitative estimate of drug-likeness (QED) is 0.497. The minimum atomic E-state index is 0.125. The van der Waals surface area contributed by atoms with Crippen molar-refractivity contribution in [2.75, 3.05) is 11.4 Å². The van der Waals surface area contributed by atoms with E-state index in [1.165, 1.54) is 0 Å². The van der Waals surface area contributed by atoms with Crippen LogP contribution >= 0.6 is 22.9 Å². The molecule has 0 fully saturated rings. The van der Waals surface area contributed by atoms with Crippen molar-refractivity contribution in [3.05, 3.63) is 47.1 Å². The highest BCUT2D eigenvalue weighted by Gasteiger charge is 2.31. The minimum absolute atomic E-state index is 0.125. The van der Waals surface area contributed by atoms with Crippen LogP contribution < -0.4 is 4.90 Å². The Morgan fingerprint density at radius 3 is 2.64 bits per heavy atom. The Morgan fingerprint density at radius 1 is 1.14 bits per heavy atom. The van der Waals surface area contributed by atoms with Gasteiger partial charge in [0, 0.05) is 29.6 Å². The summed E-state index contributed by atoms with van der Waals surface area (Å²) in [6.07, 6.45) is 1.96. The SMILES string of the molecule is CC(C)c1nnc2n1CCN(c1nn3cc(-c4ccc(Cl)cc4)nc3s1)C2C. The third-order valence-electron chi connectivity index (χ3n) is 5.15. The van der Waals surface area contributed by atoms with Gasteiger partial charge in [0.2, 0.25) is 10.1 Å². The summed E-state index contributed by atoms with van der Waals surface area (Å²) in [5, 5.41) is 15.3. The molecule has 0 N–H and O–H groups in total. The molecule has 0 amide bonds. The number of rotatable bonds is 3. The molecular weight excluding hydrogens is 394 g/mol. The van der Waals surface area contributed by atoms with Crippen LogP contribution in [0.15, 0.2) is 30.5 Å². The van der Waals surface area contributed by atoms with Crippen molar-refractivity contribution in [3.63, 3.8) is 0 Å². The Morgan fingerprint density at radius 2 is 1.93 bits per heavy atom. The predicted octanol–water partition coefficient (Wildman–Crippen LogP) is 4.41. The van der Waals surface area contributed by atoms with Gasteiger partial charge < -0.3 is 9.47 Å². The molecule has 144 valence electrons. The first-order chi connectivity index (χ1) is 13.5. The fraction of sp³-hybridized carbons (Fsp3) is 0.368. The summed E-state index contributed by atoms with van der Waals surface area (Å²) in [6, 6.07) is 7.82. The van der Waals surface area contributed by atoms with E-state index in [0.29, 0.717) is 5.92 Å². The van der Waals surface area contributed by atoms with Crippen molar-refractivity contribution < 1.29 is 0 Å². The van der Waals surface area contributed by atoms with Crippen molar-refractivity contribution in [1.29, 1.82) is 0 Å². The van der Waals surface area contributed by atoms with Gasteiger partial charge in [0.05, 0.1) is 17.9 Å². The van der Waals surface area contributed by atoms with Gasteiger partial charge in [0.1, 0.15) is 5.82 Å². The molecule has 5 rings (SSSR count). The maximum atomic E-state index is 5.98. The molecule has 1 aliphatic heterocycles. The first kappa shape index (κ1) is 17.6. The molecule has 1 aliphatic rings. The summed E-state index contributed by atoms with van der Waals surface area (Å²) in [7, 11) is 0. The van der Waals surface area contributed by atoms with Crippen molar-refractivity contribution >= 4 is 33.0 Å². The van der Waals surface area contributed by atoms with Crippen LogP contribution in [-0.4, -0.2) is 35.9 Å². The van der Waals surface area contributed by atoms with Gasteiger partial charge in [-0.3, -0.25) is 0 Å². The number of halogens is 1. The summed E-state index contributed by atoms with van der Waals surface area (Å²) >= 11 is 7.58. The Balaban J connectivity index is 1.45. The van der Waals surface area contributed by atoms with Gasteiger partial charge in [-0.05, 0) is 19.1 Å². The number of imidazole rings is 1. The lowest BCUT2D eigenvalue weighted by Gasteiger charge is -2.33. The topological polar surface area (TPSA) is 64.1 Å². The molecule has 0 saturated carbocycles. The molecule has 4 aromatic rings. The van der Waals surface area contributed by atoms with Crippen molar-refractivity contribution in [3.8, 4) is 11.3 Å². The van der Waals surface area contributed by atoms with Crippen LogP contribution in [0.3, 0.4) is 0 Å². The monoisotopic (exact) mass is 413 g/mol. The second-order valence-electron chi connectivity index (χ2n) is 7.34. The molecule has 1 atom stereocenters. The molecular formula is C19H20ClN7S. The van der Waals surface area contributed by atoms with Gasteiger partial charge in [-0.15, -0.1) is 15.3 Å². The van der Waals surface area contributed by atoms with Gasteiger partial charge in [0.15, 0.2) is 5.82 Å². The number of fused-ring (bicyclic) bond motifs is 2. The van der Waals surface area contributed by atoms with E-state index in [-0.39, 0.29) is 6.04 Å². The summed E-state index contributed by atoms with van der Waals surface area (Å²) in [5.74, 6) is 2.43. The van der Waals surface area contributed by atoms with Gasteiger partial charge in [0.25, 0.3) is 0 Å². The largest absolute Gasteiger partial charge is 0.335 e. The molecule has 0 saturated heterocycles. The molecule has 0 aliphatic carbocycles. The fourth-order valence-corrected chi connectivity index (χ4v) is 4.78. The summed E-state index contributed by atoms with van der Waals surface area (Å²) < 4.78 is 4.11. The Bertz CT molecular complexity index is 1110. The smallest absolute Gasteiger partial charge is 0.214 e. The molecule has 0 radical (unpaired) electrons. The van der Waals surface area contributed by atoms with E-state index in [0.717, 1.165) is 51.1 Å². The van der Waals surface area contributed by atoms with Crippen LogP contribution in [0.1, 0.15) is 44.4 Å². The normalized spacial score (nSPS) is 16.9. The van der Waals surface area contributed by atoms with E-state index in [1.807, 2.05) is 35.0 Å². The molecule has 1 aromatic carbocycles. The molecule has 9 heteroatoms. The van der Waals surface area contributed by atoms with E-state index in [1.54, 1.807) is 11.3 Å². The molecule has 28 heavy (non-hydrogen) atoms. The van der Waals surface area contributed by atoms with Crippen LogP contribution in [0.25, 0.3) is 16.2 Å². The molecule has 4 heterocycles. The van der Waals surface area contributed by atoms with Gasteiger partial charge in [-0.2, -0.15) is 0 Å². The highest BCUT2D eigenvalue weighted by atomic mass is 35.5. The Hall–Kier alpha value is -2.45. The zero-order valence-corrected chi connectivity index (χ0v) is 17.4. The number of hydrogen-bond donors (Lipinski definition) is 0. The van der Waals surface area contributed by atoms with Crippen molar-refractivity contribution in [2.45, 2.75) is 39.3 Å². The number of nitrogens with zero attached hydrogens (tertiary/aromatic N) is 7. The molecule has 0 spiro atoms. The Kier molecular flexibility index (Phi) is 4.13. The second kappa shape index (κ2) is 6.56. The van der Waals surface area contributed by atoms with Gasteiger partial charge in [-0.25, -0.2) is 9.50 Å². The van der Waals surface area contributed by atoms with Crippen LogP contribution in [0.4, 0.5) is 5.13 Å². The lowest BCUT2D eigenvalue weighted by molar-refractivity contribution is 0.478. The number of hydrogen-bond acceptors (Lipinski definition) is 6. The maximum absolute atomic E-state index is 5.98. The lowest BCUT2D eigenvalue weighted by atomic mass is 10.1. The van der Waals surface area contributed by atoms with Crippen LogP contribution in [0.5, 0.6) is 0 Å². The standard InChI is InChI=1S/C19H20ClN7S/c1-11(2)16-22-23-17-12(3)25(8-9-26(16)17)19-24-27-10-15(21-18(27)28-19)13-4-6-14(20)7-5-13/h4-7,10-12H,8-9H2,1-3H3. The third-order valence-corrected chi connectivity index (χ3v) is 6.36. The van der Waals surface area contributed by atoms with Crippen LogP contribution in [0, 0.1) is 0 Å². The van der Waals surface area contributed by atoms with Crippen LogP contribution in [0.2, 0.25) is 5.02 Å². The van der Waals surface area contributed by atoms with E-state index in [2.05, 4.69) is 40.4 Å². The average Bonchev–Trinajstić information content (AvgIpc) is 3.35. The van der Waals surface area contributed by atoms with Crippen molar-refractivity contribution in [1.82, 2.24) is 29.4 Å². The highest BCUT2D eigenvalue weighted by Crippen LogP contribution is 2.34. The maximum Gasteiger partial charge on any atom is 0.214 e. The van der Waals surface area contributed by atoms with Crippen LogP contribution in [-0.2, 0) is 6.54 Å². The van der Waals surface area contributed by atoms with Gasteiger partial charge >= 0.3 is 0 Å². The number of anilines is 1. The highest BCUT2D eigenvalue weighted by molar-refractivity contribution is 7.20. The molecule has 1 unspecified atom stereocenters. The molecule has 7 nitrogen and oxygen atoms in total. The second-order valence-corrected chi connectivity index (χ2v) is 8.71. The first-order valence-electron chi connectivity index (χ1n) is 9.33. The average molecular weight is 414 g/mol.